The van der Waals surface area contributed by atoms with Gasteiger partial charge in [0.15, 0.2) is 0 Å². The lowest BCUT2D eigenvalue weighted by Crippen LogP contribution is -2.21. The van der Waals surface area contributed by atoms with Crippen molar-refractivity contribution in [2.75, 3.05) is 19.8 Å². The van der Waals surface area contributed by atoms with Crippen LogP contribution in [0.2, 0.25) is 0 Å². The normalized spacial score (nSPS) is 16.8. The van der Waals surface area contributed by atoms with E-state index < -0.39 is 0 Å². The minimum absolute atomic E-state index is 0.288. The molecule has 1 aliphatic rings. The van der Waals surface area contributed by atoms with Crippen LogP contribution in [0.15, 0.2) is 24.8 Å². The Morgan fingerprint density at radius 2 is 2.18 bits per heavy atom. The minimum Gasteiger partial charge on any atom is -0.493 e. The average molecular weight is 236 g/mol. The summed E-state index contributed by atoms with van der Waals surface area (Å²) in [6.45, 7) is 5.79. The molecule has 1 aromatic rings. The van der Waals surface area contributed by atoms with E-state index >= 15 is 0 Å². The molecular weight excluding hydrogens is 219 g/mol. The fourth-order valence-corrected chi connectivity index (χ4v) is 1.89. The summed E-state index contributed by atoms with van der Waals surface area (Å²) in [6.07, 6.45) is 3.54. The Morgan fingerprint density at radius 3 is 2.82 bits per heavy atom. The Kier molecular flexibility index (Phi) is 4.15. The van der Waals surface area contributed by atoms with Crippen molar-refractivity contribution < 1.29 is 13.9 Å². The molecular formula is C14H17FO2. The zero-order chi connectivity index (χ0) is 12.1. The summed E-state index contributed by atoms with van der Waals surface area (Å²) in [5.41, 5.74) is 0.503. The molecule has 2 rings (SSSR count). The van der Waals surface area contributed by atoms with Crippen molar-refractivity contribution in [3.8, 4) is 5.75 Å². The number of rotatable bonds is 4. The molecule has 0 aromatic heterocycles. The first-order valence-corrected chi connectivity index (χ1v) is 5.92. The third-order valence-electron chi connectivity index (χ3n) is 3.02. The fourth-order valence-electron chi connectivity index (χ4n) is 1.89. The van der Waals surface area contributed by atoms with Crippen molar-refractivity contribution in [2.24, 2.45) is 5.92 Å². The van der Waals surface area contributed by atoms with E-state index in [4.69, 9.17) is 9.47 Å². The number of ether oxygens (including phenoxy) is 2. The molecule has 1 heterocycles. The molecule has 1 saturated heterocycles. The molecule has 0 spiro atoms. The van der Waals surface area contributed by atoms with Gasteiger partial charge in [0.1, 0.15) is 11.6 Å². The maximum absolute atomic E-state index is 13.4. The molecule has 0 unspecified atom stereocenters. The molecule has 0 saturated carbocycles. The minimum atomic E-state index is -0.288. The van der Waals surface area contributed by atoms with Crippen molar-refractivity contribution in [1.82, 2.24) is 0 Å². The zero-order valence-corrected chi connectivity index (χ0v) is 9.82. The Balaban J connectivity index is 1.90. The van der Waals surface area contributed by atoms with Gasteiger partial charge in [-0.05, 0) is 30.9 Å². The molecule has 0 amide bonds. The standard InChI is InChI=1S/C14H17FO2/c1-2-12-3-4-13(9-14(12)15)17-10-11-5-7-16-8-6-11/h2-4,9,11H,1,5-8,10H2. The molecule has 0 bridgehead atoms. The second-order valence-electron chi connectivity index (χ2n) is 4.25. The van der Waals surface area contributed by atoms with Gasteiger partial charge in [-0.3, -0.25) is 0 Å². The van der Waals surface area contributed by atoms with Crippen molar-refractivity contribution >= 4 is 6.08 Å². The van der Waals surface area contributed by atoms with Gasteiger partial charge in [-0.25, -0.2) is 4.39 Å². The number of halogens is 1. The first kappa shape index (κ1) is 12.1. The van der Waals surface area contributed by atoms with Crippen molar-refractivity contribution in [3.63, 3.8) is 0 Å². The van der Waals surface area contributed by atoms with Crippen LogP contribution in [-0.2, 0) is 4.74 Å². The predicted molar refractivity (Wildman–Crippen MR) is 65.5 cm³/mol. The van der Waals surface area contributed by atoms with E-state index in [2.05, 4.69) is 6.58 Å². The van der Waals surface area contributed by atoms with E-state index in [0.717, 1.165) is 26.1 Å². The first-order chi connectivity index (χ1) is 8.29. The molecule has 1 aliphatic heterocycles. The van der Waals surface area contributed by atoms with Gasteiger partial charge in [0.2, 0.25) is 0 Å². The topological polar surface area (TPSA) is 18.5 Å². The molecule has 0 radical (unpaired) electrons. The summed E-state index contributed by atoms with van der Waals surface area (Å²) >= 11 is 0. The molecule has 0 N–H and O–H groups in total. The molecule has 17 heavy (non-hydrogen) atoms. The molecule has 1 aromatic carbocycles. The quantitative estimate of drug-likeness (QED) is 0.798. The van der Waals surface area contributed by atoms with Gasteiger partial charge in [0.25, 0.3) is 0 Å². The van der Waals surface area contributed by atoms with Crippen LogP contribution >= 0.6 is 0 Å². The monoisotopic (exact) mass is 236 g/mol. The maximum atomic E-state index is 13.4. The summed E-state index contributed by atoms with van der Waals surface area (Å²) in [6, 6.07) is 4.87. The predicted octanol–water partition coefficient (Wildman–Crippen LogP) is 3.27. The smallest absolute Gasteiger partial charge is 0.134 e. The van der Waals surface area contributed by atoms with Crippen molar-refractivity contribution in [3.05, 3.63) is 36.2 Å². The van der Waals surface area contributed by atoms with Crippen molar-refractivity contribution in [2.45, 2.75) is 12.8 Å². The molecule has 1 fully saturated rings. The Hall–Kier alpha value is -1.35. The Bertz CT molecular complexity index is 384. The van der Waals surface area contributed by atoms with Gasteiger partial charge >= 0.3 is 0 Å². The molecule has 0 atom stereocenters. The van der Waals surface area contributed by atoms with E-state index in [1.54, 1.807) is 12.1 Å². The van der Waals surface area contributed by atoms with Crippen LogP contribution in [0.1, 0.15) is 18.4 Å². The zero-order valence-electron chi connectivity index (χ0n) is 9.82. The largest absolute Gasteiger partial charge is 0.493 e. The molecule has 0 aliphatic carbocycles. The maximum Gasteiger partial charge on any atom is 0.134 e. The summed E-state index contributed by atoms with van der Waals surface area (Å²) in [5, 5.41) is 0. The third kappa shape index (κ3) is 3.30. The lowest BCUT2D eigenvalue weighted by Gasteiger charge is -2.22. The average Bonchev–Trinajstić information content (AvgIpc) is 2.38. The van der Waals surface area contributed by atoms with Crippen molar-refractivity contribution in [1.29, 1.82) is 0 Å². The highest BCUT2D eigenvalue weighted by Crippen LogP contribution is 2.20. The summed E-state index contributed by atoms with van der Waals surface area (Å²) < 4.78 is 24.3. The highest BCUT2D eigenvalue weighted by molar-refractivity contribution is 5.49. The second-order valence-corrected chi connectivity index (χ2v) is 4.25. The van der Waals surface area contributed by atoms with E-state index in [1.165, 1.54) is 12.1 Å². The van der Waals surface area contributed by atoms with Crippen LogP contribution < -0.4 is 4.74 Å². The van der Waals surface area contributed by atoms with Gasteiger partial charge in [-0.1, -0.05) is 12.7 Å². The number of hydrogen-bond acceptors (Lipinski definition) is 2. The Morgan fingerprint density at radius 1 is 1.41 bits per heavy atom. The van der Waals surface area contributed by atoms with Gasteiger partial charge in [0, 0.05) is 24.8 Å². The van der Waals surface area contributed by atoms with Crippen LogP contribution in [0.5, 0.6) is 5.75 Å². The lowest BCUT2D eigenvalue weighted by atomic mass is 10.0. The molecule has 3 heteroatoms. The third-order valence-corrected chi connectivity index (χ3v) is 3.02. The summed E-state index contributed by atoms with van der Waals surface area (Å²) in [7, 11) is 0. The van der Waals surface area contributed by atoms with Crippen LogP contribution in [0, 0.1) is 11.7 Å². The highest BCUT2D eigenvalue weighted by atomic mass is 19.1. The van der Waals surface area contributed by atoms with Gasteiger partial charge in [-0.2, -0.15) is 0 Å². The van der Waals surface area contributed by atoms with Crippen LogP contribution in [0.4, 0.5) is 4.39 Å². The van der Waals surface area contributed by atoms with E-state index in [9.17, 15) is 4.39 Å². The van der Waals surface area contributed by atoms with Crippen LogP contribution in [-0.4, -0.2) is 19.8 Å². The van der Waals surface area contributed by atoms with E-state index in [-0.39, 0.29) is 5.82 Å². The summed E-state index contributed by atoms with van der Waals surface area (Å²) in [4.78, 5) is 0. The highest BCUT2D eigenvalue weighted by Gasteiger charge is 2.14. The number of benzene rings is 1. The van der Waals surface area contributed by atoms with Gasteiger partial charge in [-0.15, -0.1) is 0 Å². The summed E-state index contributed by atoms with van der Waals surface area (Å²) in [5.74, 6) is 0.815. The van der Waals surface area contributed by atoms with Gasteiger partial charge in [0.05, 0.1) is 6.61 Å². The van der Waals surface area contributed by atoms with Crippen LogP contribution in [0.25, 0.3) is 6.08 Å². The van der Waals surface area contributed by atoms with E-state index in [1.807, 2.05) is 0 Å². The second kappa shape index (κ2) is 5.82. The van der Waals surface area contributed by atoms with Gasteiger partial charge < -0.3 is 9.47 Å². The SMILES string of the molecule is C=Cc1ccc(OCC2CCOCC2)cc1F. The molecule has 2 nitrogen and oxygen atoms in total. The number of hydrogen-bond donors (Lipinski definition) is 0. The molecule has 92 valence electrons. The van der Waals surface area contributed by atoms with Crippen LogP contribution in [0.3, 0.4) is 0 Å². The lowest BCUT2D eigenvalue weighted by molar-refractivity contribution is 0.0497. The van der Waals surface area contributed by atoms with E-state index in [0.29, 0.717) is 23.8 Å². The Labute approximate surface area is 101 Å². The first-order valence-electron chi connectivity index (χ1n) is 5.92. The fraction of sp³-hybridized carbons (Fsp3) is 0.429.